The lowest BCUT2D eigenvalue weighted by molar-refractivity contribution is 0.186. The van der Waals surface area contributed by atoms with Gasteiger partial charge in [0, 0.05) is 23.6 Å². The minimum absolute atomic E-state index is 0.489. The SMILES string of the molecule is C[C@H]1SCCN(Cc2nnc(-c3ccccc3Cl)o2)[C@H]1C. The summed E-state index contributed by atoms with van der Waals surface area (Å²) in [5, 5.41) is 9.55. The van der Waals surface area contributed by atoms with Gasteiger partial charge in [0.05, 0.1) is 17.1 Å². The molecule has 4 nitrogen and oxygen atoms in total. The van der Waals surface area contributed by atoms with Gasteiger partial charge in [-0.15, -0.1) is 10.2 Å². The monoisotopic (exact) mass is 323 g/mol. The van der Waals surface area contributed by atoms with Crippen molar-refractivity contribution in [3.63, 3.8) is 0 Å². The lowest BCUT2D eigenvalue weighted by Gasteiger charge is -2.36. The van der Waals surface area contributed by atoms with Crippen LogP contribution in [0.25, 0.3) is 11.5 Å². The molecule has 1 saturated heterocycles. The van der Waals surface area contributed by atoms with E-state index in [9.17, 15) is 0 Å². The third-order valence-corrected chi connectivity index (χ3v) is 5.59. The highest BCUT2D eigenvalue weighted by molar-refractivity contribution is 8.00. The minimum Gasteiger partial charge on any atom is -0.419 e. The molecule has 112 valence electrons. The third kappa shape index (κ3) is 3.25. The summed E-state index contributed by atoms with van der Waals surface area (Å²) in [5.41, 5.74) is 0.786. The van der Waals surface area contributed by atoms with E-state index in [1.807, 2.05) is 36.0 Å². The molecule has 0 N–H and O–H groups in total. The molecule has 1 aromatic heterocycles. The van der Waals surface area contributed by atoms with Crippen LogP contribution >= 0.6 is 23.4 Å². The largest absolute Gasteiger partial charge is 0.419 e. The number of hydrogen-bond acceptors (Lipinski definition) is 5. The number of nitrogens with zero attached hydrogens (tertiary/aromatic N) is 3. The van der Waals surface area contributed by atoms with Crippen LogP contribution in [0.15, 0.2) is 28.7 Å². The number of benzene rings is 1. The number of halogens is 1. The molecule has 2 atom stereocenters. The van der Waals surface area contributed by atoms with E-state index >= 15 is 0 Å². The molecule has 1 aliphatic heterocycles. The zero-order valence-electron chi connectivity index (χ0n) is 12.1. The molecule has 0 radical (unpaired) electrons. The Balaban J connectivity index is 1.75. The van der Waals surface area contributed by atoms with Crippen LogP contribution in [0.1, 0.15) is 19.7 Å². The smallest absolute Gasteiger partial charge is 0.249 e. The first-order valence-corrected chi connectivity index (χ1v) is 8.51. The van der Waals surface area contributed by atoms with Crippen molar-refractivity contribution in [2.24, 2.45) is 0 Å². The van der Waals surface area contributed by atoms with Gasteiger partial charge in [0.25, 0.3) is 0 Å². The van der Waals surface area contributed by atoms with Gasteiger partial charge in [-0.25, -0.2) is 0 Å². The summed E-state index contributed by atoms with van der Waals surface area (Å²) >= 11 is 8.18. The first-order chi connectivity index (χ1) is 10.1. The fourth-order valence-corrected chi connectivity index (χ4v) is 3.83. The van der Waals surface area contributed by atoms with Crippen LogP contribution in [-0.2, 0) is 6.54 Å². The molecular formula is C15H18ClN3OS. The van der Waals surface area contributed by atoms with Gasteiger partial charge in [-0.1, -0.05) is 30.7 Å². The molecule has 1 aliphatic rings. The molecule has 1 aromatic carbocycles. The van der Waals surface area contributed by atoms with Gasteiger partial charge in [-0.05, 0) is 19.1 Å². The van der Waals surface area contributed by atoms with E-state index in [1.165, 1.54) is 0 Å². The minimum atomic E-state index is 0.489. The van der Waals surface area contributed by atoms with Gasteiger partial charge in [0.15, 0.2) is 0 Å². The Bertz CT molecular complexity index is 618. The van der Waals surface area contributed by atoms with Crippen molar-refractivity contribution in [2.45, 2.75) is 31.7 Å². The quantitative estimate of drug-likeness (QED) is 0.861. The maximum absolute atomic E-state index is 6.16. The highest BCUT2D eigenvalue weighted by Crippen LogP contribution is 2.28. The number of thioether (sulfide) groups is 1. The van der Waals surface area contributed by atoms with Gasteiger partial charge < -0.3 is 4.42 Å². The average molecular weight is 324 g/mol. The van der Waals surface area contributed by atoms with Crippen LogP contribution in [0, 0.1) is 0 Å². The molecule has 21 heavy (non-hydrogen) atoms. The first kappa shape index (κ1) is 14.9. The molecule has 6 heteroatoms. The van der Waals surface area contributed by atoms with Crippen LogP contribution in [0.2, 0.25) is 5.02 Å². The maximum atomic E-state index is 6.16. The fraction of sp³-hybridized carbons (Fsp3) is 0.467. The normalized spacial score (nSPS) is 23.4. The summed E-state index contributed by atoms with van der Waals surface area (Å²) < 4.78 is 5.78. The van der Waals surface area contributed by atoms with E-state index in [0.717, 1.165) is 17.9 Å². The molecular weight excluding hydrogens is 306 g/mol. The molecule has 0 unspecified atom stereocenters. The number of rotatable bonds is 3. The zero-order chi connectivity index (χ0) is 14.8. The van der Waals surface area contributed by atoms with Gasteiger partial charge >= 0.3 is 0 Å². The van der Waals surface area contributed by atoms with Crippen LogP contribution in [0.5, 0.6) is 0 Å². The topological polar surface area (TPSA) is 42.2 Å². The molecule has 3 rings (SSSR count). The molecule has 2 aromatic rings. The summed E-state index contributed by atoms with van der Waals surface area (Å²) in [4.78, 5) is 2.39. The van der Waals surface area contributed by atoms with E-state index in [1.54, 1.807) is 0 Å². The van der Waals surface area contributed by atoms with Crippen molar-refractivity contribution >= 4 is 23.4 Å². The zero-order valence-corrected chi connectivity index (χ0v) is 13.7. The Kier molecular flexibility index (Phi) is 4.52. The van der Waals surface area contributed by atoms with E-state index in [-0.39, 0.29) is 0 Å². The Morgan fingerprint density at radius 2 is 2.14 bits per heavy atom. The van der Waals surface area contributed by atoms with Crippen molar-refractivity contribution in [1.29, 1.82) is 0 Å². The third-order valence-electron chi connectivity index (χ3n) is 3.92. The van der Waals surface area contributed by atoms with E-state index < -0.39 is 0 Å². The summed E-state index contributed by atoms with van der Waals surface area (Å²) in [6, 6.07) is 8.03. The summed E-state index contributed by atoms with van der Waals surface area (Å²) in [6.45, 7) is 6.27. The lowest BCUT2D eigenvalue weighted by Crippen LogP contribution is -2.44. The summed E-state index contributed by atoms with van der Waals surface area (Å²) in [6.07, 6.45) is 0. The second-order valence-electron chi connectivity index (χ2n) is 5.27. The van der Waals surface area contributed by atoms with Gasteiger partial charge in [-0.2, -0.15) is 11.8 Å². The standard InChI is InChI=1S/C15H18ClN3OS/c1-10-11(2)21-8-7-19(10)9-14-17-18-15(20-14)12-5-3-4-6-13(12)16/h3-6,10-11H,7-9H2,1-2H3/t10-,11+/m0/s1. The maximum Gasteiger partial charge on any atom is 0.249 e. The molecule has 0 aliphatic carbocycles. The molecule has 1 fully saturated rings. The van der Waals surface area contributed by atoms with Gasteiger partial charge in [0.1, 0.15) is 0 Å². The first-order valence-electron chi connectivity index (χ1n) is 7.08. The second-order valence-corrected chi connectivity index (χ2v) is 7.16. The number of hydrogen-bond donors (Lipinski definition) is 0. The predicted molar refractivity (Wildman–Crippen MR) is 86.5 cm³/mol. The Morgan fingerprint density at radius 3 is 2.95 bits per heavy atom. The van der Waals surface area contributed by atoms with Crippen molar-refractivity contribution in [3.8, 4) is 11.5 Å². The summed E-state index contributed by atoms with van der Waals surface area (Å²) in [7, 11) is 0. The highest BCUT2D eigenvalue weighted by Gasteiger charge is 2.26. The van der Waals surface area contributed by atoms with Crippen molar-refractivity contribution < 1.29 is 4.42 Å². The highest BCUT2D eigenvalue weighted by atomic mass is 35.5. The van der Waals surface area contributed by atoms with Crippen LogP contribution in [0.3, 0.4) is 0 Å². The fourth-order valence-electron chi connectivity index (χ4n) is 2.45. The molecule has 0 amide bonds. The summed E-state index contributed by atoms with van der Waals surface area (Å²) in [5.74, 6) is 2.29. The molecule has 2 heterocycles. The van der Waals surface area contributed by atoms with Crippen LogP contribution in [-0.4, -0.2) is 38.7 Å². The number of aromatic nitrogens is 2. The van der Waals surface area contributed by atoms with Crippen molar-refractivity contribution in [3.05, 3.63) is 35.2 Å². The Labute approximate surface area is 133 Å². The van der Waals surface area contributed by atoms with Gasteiger partial charge in [0.2, 0.25) is 11.8 Å². The van der Waals surface area contributed by atoms with Crippen molar-refractivity contribution in [2.75, 3.05) is 12.3 Å². The Morgan fingerprint density at radius 1 is 1.33 bits per heavy atom. The van der Waals surface area contributed by atoms with Crippen LogP contribution in [0.4, 0.5) is 0 Å². The van der Waals surface area contributed by atoms with Crippen LogP contribution < -0.4 is 0 Å². The second kappa shape index (κ2) is 6.38. The predicted octanol–water partition coefficient (Wildman–Crippen LogP) is 3.72. The van der Waals surface area contributed by atoms with E-state index in [2.05, 4.69) is 28.9 Å². The molecule has 0 spiro atoms. The van der Waals surface area contributed by atoms with Gasteiger partial charge in [-0.3, -0.25) is 4.90 Å². The molecule has 0 bridgehead atoms. The molecule has 0 saturated carbocycles. The van der Waals surface area contributed by atoms with E-state index in [0.29, 0.717) is 34.6 Å². The Hall–Kier alpha value is -1.04. The lowest BCUT2D eigenvalue weighted by atomic mass is 10.2. The average Bonchev–Trinajstić information content (AvgIpc) is 2.93. The van der Waals surface area contributed by atoms with Crippen molar-refractivity contribution in [1.82, 2.24) is 15.1 Å². The van der Waals surface area contributed by atoms with E-state index in [4.69, 9.17) is 16.0 Å².